The van der Waals surface area contributed by atoms with Crippen LogP contribution in [0.3, 0.4) is 0 Å². The van der Waals surface area contributed by atoms with E-state index in [0.29, 0.717) is 0 Å². The predicted octanol–water partition coefficient (Wildman–Crippen LogP) is 3.43. The second-order valence-electron chi connectivity index (χ2n) is 4.15. The molecular formula is C17H15NO2. The molecule has 2 aromatic rings. The summed E-state index contributed by atoms with van der Waals surface area (Å²) in [5.74, 6) is -0.550. The van der Waals surface area contributed by atoms with Crippen molar-refractivity contribution in [1.82, 2.24) is 5.48 Å². The van der Waals surface area contributed by atoms with Crippen LogP contribution in [0.25, 0.3) is 17.2 Å². The number of allylic oxidation sites excluding steroid dienone is 2. The van der Waals surface area contributed by atoms with Gasteiger partial charge >= 0.3 is 0 Å². The van der Waals surface area contributed by atoms with Crippen molar-refractivity contribution in [3.63, 3.8) is 0 Å². The Balaban J connectivity index is 2.23. The smallest absolute Gasteiger partial charge is 0.267 e. The van der Waals surface area contributed by atoms with E-state index in [1.807, 2.05) is 42.5 Å². The van der Waals surface area contributed by atoms with Gasteiger partial charge in [-0.1, -0.05) is 72.8 Å². The van der Waals surface area contributed by atoms with E-state index in [-0.39, 0.29) is 0 Å². The average molecular weight is 265 g/mol. The lowest BCUT2D eigenvalue weighted by atomic mass is 9.99. The van der Waals surface area contributed by atoms with Gasteiger partial charge < -0.3 is 0 Å². The maximum atomic E-state index is 10.8. The lowest BCUT2D eigenvalue weighted by Gasteiger charge is -2.05. The number of nitrogens with one attached hydrogen (secondary N) is 1. The molecule has 0 fully saturated rings. The molecule has 0 radical (unpaired) electrons. The minimum atomic E-state index is -0.550. The van der Waals surface area contributed by atoms with Crippen LogP contribution in [0.2, 0.25) is 0 Å². The molecular weight excluding hydrogens is 250 g/mol. The third kappa shape index (κ3) is 3.67. The molecule has 0 aliphatic carbocycles. The van der Waals surface area contributed by atoms with Gasteiger partial charge in [-0.05, 0) is 16.7 Å². The van der Waals surface area contributed by atoms with Crippen LogP contribution in [0.1, 0.15) is 5.56 Å². The van der Waals surface area contributed by atoms with Gasteiger partial charge in [-0.2, -0.15) is 0 Å². The van der Waals surface area contributed by atoms with Crippen LogP contribution in [-0.2, 0) is 4.79 Å². The summed E-state index contributed by atoms with van der Waals surface area (Å²) in [6, 6.07) is 18.1. The molecule has 3 heteroatoms. The van der Waals surface area contributed by atoms with Crippen molar-refractivity contribution in [2.24, 2.45) is 0 Å². The second kappa shape index (κ2) is 7.07. The molecule has 0 saturated heterocycles. The van der Waals surface area contributed by atoms with E-state index in [4.69, 9.17) is 5.21 Å². The van der Waals surface area contributed by atoms with Gasteiger partial charge in [-0.15, -0.1) is 0 Å². The number of hydrogen-bond acceptors (Lipinski definition) is 2. The van der Waals surface area contributed by atoms with Crippen molar-refractivity contribution < 1.29 is 10.0 Å². The number of amides is 1. The SMILES string of the molecule is O=C(C=CC=Cc1ccccc1-c1ccccc1)NO. The van der Waals surface area contributed by atoms with Crippen LogP contribution >= 0.6 is 0 Å². The van der Waals surface area contributed by atoms with Gasteiger partial charge in [0.2, 0.25) is 0 Å². The largest absolute Gasteiger partial charge is 0.288 e. The molecule has 3 nitrogen and oxygen atoms in total. The number of carbonyl (C=O) groups is 1. The highest BCUT2D eigenvalue weighted by atomic mass is 16.5. The first-order chi connectivity index (χ1) is 9.81. The summed E-state index contributed by atoms with van der Waals surface area (Å²) < 4.78 is 0. The highest BCUT2D eigenvalue weighted by molar-refractivity contribution is 5.87. The normalized spacial score (nSPS) is 11.1. The molecule has 20 heavy (non-hydrogen) atoms. The molecule has 0 bridgehead atoms. The Hall–Kier alpha value is -2.65. The van der Waals surface area contributed by atoms with E-state index in [0.717, 1.165) is 16.7 Å². The third-order valence-corrected chi connectivity index (χ3v) is 2.79. The van der Waals surface area contributed by atoms with Crippen molar-refractivity contribution in [3.8, 4) is 11.1 Å². The topological polar surface area (TPSA) is 49.3 Å². The number of hydrogen-bond donors (Lipinski definition) is 2. The molecule has 2 rings (SSSR count). The van der Waals surface area contributed by atoms with E-state index < -0.39 is 5.91 Å². The predicted molar refractivity (Wildman–Crippen MR) is 80.0 cm³/mol. The highest BCUT2D eigenvalue weighted by Crippen LogP contribution is 2.24. The van der Waals surface area contributed by atoms with Gasteiger partial charge in [0, 0.05) is 6.08 Å². The van der Waals surface area contributed by atoms with Crippen LogP contribution in [0.15, 0.2) is 72.8 Å². The van der Waals surface area contributed by atoms with Crippen LogP contribution in [-0.4, -0.2) is 11.1 Å². The number of rotatable bonds is 4. The van der Waals surface area contributed by atoms with E-state index in [1.165, 1.54) is 6.08 Å². The van der Waals surface area contributed by atoms with Crippen molar-refractivity contribution in [1.29, 1.82) is 0 Å². The number of benzene rings is 2. The van der Waals surface area contributed by atoms with Gasteiger partial charge in [-0.25, -0.2) is 5.48 Å². The maximum Gasteiger partial charge on any atom is 0.267 e. The summed E-state index contributed by atoms with van der Waals surface area (Å²) in [5.41, 5.74) is 4.88. The fourth-order valence-corrected chi connectivity index (χ4v) is 1.86. The summed E-state index contributed by atoms with van der Waals surface area (Å²) in [7, 11) is 0. The minimum absolute atomic E-state index is 0.550. The summed E-state index contributed by atoms with van der Waals surface area (Å²) in [5, 5.41) is 8.37. The molecule has 0 spiro atoms. The molecule has 0 atom stereocenters. The summed E-state index contributed by atoms with van der Waals surface area (Å²) in [4.78, 5) is 10.8. The molecule has 1 amide bonds. The fourth-order valence-electron chi connectivity index (χ4n) is 1.86. The third-order valence-electron chi connectivity index (χ3n) is 2.79. The van der Waals surface area contributed by atoms with E-state index in [2.05, 4.69) is 18.2 Å². The first kappa shape index (κ1) is 13.8. The van der Waals surface area contributed by atoms with Crippen molar-refractivity contribution >= 4 is 12.0 Å². The lowest BCUT2D eigenvalue weighted by Crippen LogP contribution is -2.14. The van der Waals surface area contributed by atoms with Gasteiger partial charge in [-0.3, -0.25) is 10.0 Å². The zero-order valence-corrected chi connectivity index (χ0v) is 10.9. The molecule has 0 aliphatic heterocycles. The van der Waals surface area contributed by atoms with Crippen LogP contribution < -0.4 is 5.48 Å². The van der Waals surface area contributed by atoms with Crippen molar-refractivity contribution in [3.05, 3.63) is 78.4 Å². The Kier molecular flexibility index (Phi) is 4.87. The molecule has 100 valence electrons. The Morgan fingerprint density at radius 3 is 2.40 bits per heavy atom. The van der Waals surface area contributed by atoms with Gasteiger partial charge in [0.25, 0.3) is 5.91 Å². The minimum Gasteiger partial charge on any atom is -0.288 e. The van der Waals surface area contributed by atoms with Crippen LogP contribution in [0.4, 0.5) is 0 Å². The lowest BCUT2D eigenvalue weighted by molar-refractivity contribution is -0.124. The van der Waals surface area contributed by atoms with Gasteiger partial charge in [0.15, 0.2) is 0 Å². The standard InChI is InChI=1S/C17H15NO2/c19-17(18-20)13-7-5-11-15-10-4-6-12-16(15)14-8-2-1-3-9-14/h1-13,20H,(H,18,19). The monoisotopic (exact) mass is 265 g/mol. The zero-order chi connectivity index (χ0) is 14.2. The Morgan fingerprint density at radius 2 is 1.65 bits per heavy atom. The summed E-state index contributed by atoms with van der Waals surface area (Å²) >= 11 is 0. The summed E-state index contributed by atoms with van der Waals surface area (Å²) in [6.45, 7) is 0. The fraction of sp³-hybridized carbons (Fsp3) is 0. The first-order valence-electron chi connectivity index (χ1n) is 6.24. The molecule has 2 N–H and O–H groups in total. The van der Waals surface area contributed by atoms with E-state index in [1.54, 1.807) is 17.6 Å². The first-order valence-corrected chi connectivity index (χ1v) is 6.24. The van der Waals surface area contributed by atoms with Crippen molar-refractivity contribution in [2.75, 3.05) is 0 Å². The zero-order valence-electron chi connectivity index (χ0n) is 10.9. The number of carbonyl (C=O) groups excluding carboxylic acids is 1. The molecule has 0 saturated carbocycles. The quantitative estimate of drug-likeness (QED) is 0.385. The molecule has 0 heterocycles. The summed E-state index contributed by atoms with van der Waals surface area (Å²) in [6.07, 6.45) is 6.51. The maximum absolute atomic E-state index is 10.8. The molecule has 0 aliphatic rings. The van der Waals surface area contributed by atoms with E-state index >= 15 is 0 Å². The van der Waals surface area contributed by atoms with Gasteiger partial charge in [0.05, 0.1) is 0 Å². The highest BCUT2D eigenvalue weighted by Gasteiger charge is 2.00. The van der Waals surface area contributed by atoms with Crippen molar-refractivity contribution in [2.45, 2.75) is 0 Å². The second-order valence-corrected chi connectivity index (χ2v) is 4.15. The molecule has 2 aromatic carbocycles. The van der Waals surface area contributed by atoms with Crippen LogP contribution in [0.5, 0.6) is 0 Å². The van der Waals surface area contributed by atoms with Gasteiger partial charge in [0.1, 0.15) is 0 Å². The van der Waals surface area contributed by atoms with E-state index in [9.17, 15) is 4.79 Å². The Labute approximate surface area is 117 Å². The molecule has 0 aromatic heterocycles. The average Bonchev–Trinajstić information content (AvgIpc) is 2.52. The number of hydroxylamine groups is 1. The Bertz CT molecular complexity index is 630. The van der Waals surface area contributed by atoms with Crippen LogP contribution in [0, 0.1) is 0 Å². The Morgan fingerprint density at radius 1 is 0.950 bits per heavy atom. The molecule has 0 unspecified atom stereocenters.